The molecular weight excluding hydrogens is 256 g/mol. The molecule has 6 heteroatoms. The SMILES string of the molecule is O=C1OC(C(O)CSC2CCCCC2)C(O)=C1O. The molecule has 102 valence electrons. The number of aliphatic hydroxyl groups excluding tert-OH is 3. The molecule has 0 saturated heterocycles. The Hall–Kier alpha value is -0.880. The van der Waals surface area contributed by atoms with E-state index in [9.17, 15) is 15.0 Å². The summed E-state index contributed by atoms with van der Waals surface area (Å²) in [7, 11) is 0. The van der Waals surface area contributed by atoms with Crippen LogP contribution in [0.4, 0.5) is 0 Å². The summed E-state index contributed by atoms with van der Waals surface area (Å²) in [6.07, 6.45) is 3.91. The maximum atomic E-state index is 11.0. The average molecular weight is 274 g/mol. The summed E-state index contributed by atoms with van der Waals surface area (Å²) >= 11 is 1.64. The third kappa shape index (κ3) is 2.92. The molecule has 1 fully saturated rings. The summed E-state index contributed by atoms with van der Waals surface area (Å²) in [4.78, 5) is 11.0. The molecule has 1 saturated carbocycles. The van der Waals surface area contributed by atoms with E-state index in [4.69, 9.17) is 9.84 Å². The molecule has 2 unspecified atom stereocenters. The van der Waals surface area contributed by atoms with Crippen molar-refractivity contribution in [2.45, 2.75) is 49.6 Å². The Kier molecular flexibility index (Phi) is 4.40. The molecule has 2 atom stereocenters. The van der Waals surface area contributed by atoms with Gasteiger partial charge in [-0.15, -0.1) is 0 Å². The van der Waals surface area contributed by atoms with Crippen molar-refractivity contribution in [2.24, 2.45) is 0 Å². The van der Waals surface area contributed by atoms with Gasteiger partial charge in [-0.1, -0.05) is 19.3 Å². The highest BCUT2D eigenvalue weighted by Gasteiger charge is 2.39. The van der Waals surface area contributed by atoms with E-state index in [-0.39, 0.29) is 0 Å². The van der Waals surface area contributed by atoms with Crippen molar-refractivity contribution in [1.29, 1.82) is 0 Å². The largest absolute Gasteiger partial charge is 0.505 e. The fraction of sp³-hybridized carbons (Fsp3) is 0.750. The molecule has 5 nitrogen and oxygen atoms in total. The molecule has 0 aromatic rings. The third-order valence-corrected chi connectivity index (χ3v) is 4.82. The normalized spacial score (nSPS) is 27.4. The summed E-state index contributed by atoms with van der Waals surface area (Å²) in [6.45, 7) is 0. The number of rotatable bonds is 4. The summed E-state index contributed by atoms with van der Waals surface area (Å²) < 4.78 is 4.71. The Morgan fingerprint density at radius 1 is 1.28 bits per heavy atom. The van der Waals surface area contributed by atoms with Crippen LogP contribution in [0, 0.1) is 0 Å². The minimum atomic E-state index is -1.12. The van der Waals surface area contributed by atoms with E-state index in [0.29, 0.717) is 11.0 Å². The van der Waals surface area contributed by atoms with Crippen molar-refractivity contribution < 1.29 is 24.9 Å². The molecule has 1 aliphatic carbocycles. The molecule has 3 N–H and O–H groups in total. The molecule has 18 heavy (non-hydrogen) atoms. The van der Waals surface area contributed by atoms with Gasteiger partial charge in [0.15, 0.2) is 11.9 Å². The lowest BCUT2D eigenvalue weighted by atomic mass is 10.0. The van der Waals surface area contributed by atoms with Gasteiger partial charge < -0.3 is 20.1 Å². The van der Waals surface area contributed by atoms with Crippen LogP contribution in [0.15, 0.2) is 11.5 Å². The Balaban J connectivity index is 1.81. The van der Waals surface area contributed by atoms with Crippen molar-refractivity contribution in [1.82, 2.24) is 0 Å². The zero-order valence-corrected chi connectivity index (χ0v) is 10.9. The van der Waals surface area contributed by atoms with Crippen LogP contribution >= 0.6 is 11.8 Å². The minimum absolute atomic E-state index is 0.389. The second-order valence-electron chi connectivity index (χ2n) is 4.72. The van der Waals surface area contributed by atoms with Gasteiger partial charge in [0.2, 0.25) is 5.76 Å². The minimum Gasteiger partial charge on any atom is -0.505 e. The number of esters is 1. The second-order valence-corrected chi connectivity index (χ2v) is 6.05. The summed E-state index contributed by atoms with van der Waals surface area (Å²) in [5.41, 5.74) is 0. The number of hydrogen-bond donors (Lipinski definition) is 3. The fourth-order valence-electron chi connectivity index (χ4n) is 2.28. The van der Waals surface area contributed by atoms with Crippen molar-refractivity contribution >= 4 is 17.7 Å². The van der Waals surface area contributed by atoms with Gasteiger partial charge in [0.25, 0.3) is 0 Å². The molecule has 2 aliphatic rings. The zero-order chi connectivity index (χ0) is 13.1. The fourth-order valence-corrected chi connectivity index (χ4v) is 3.59. The lowest BCUT2D eigenvalue weighted by molar-refractivity contribution is -0.146. The first-order valence-electron chi connectivity index (χ1n) is 6.22. The van der Waals surface area contributed by atoms with E-state index in [1.165, 1.54) is 19.3 Å². The van der Waals surface area contributed by atoms with Gasteiger partial charge in [0.05, 0.1) is 0 Å². The van der Waals surface area contributed by atoms with Crippen LogP contribution in [0.5, 0.6) is 0 Å². The van der Waals surface area contributed by atoms with E-state index < -0.39 is 29.7 Å². The van der Waals surface area contributed by atoms with E-state index in [0.717, 1.165) is 12.8 Å². The van der Waals surface area contributed by atoms with Crippen molar-refractivity contribution in [3.8, 4) is 0 Å². The highest BCUT2D eigenvalue weighted by atomic mass is 32.2. The van der Waals surface area contributed by atoms with Crippen molar-refractivity contribution in [3.05, 3.63) is 11.5 Å². The zero-order valence-electron chi connectivity index (χ0n) is 10.0. The van der Waals surface area contributed by atoms with Crippen LogP contribution in [0.3, 0.4) is 0 Å². The smallest absolute Gasteiger partial charge is 0.377 e. The Labute approximate surface area is 110 Å². The quantitative estimate of drug-likeness (QED) is 0.676. The van der Waals surface area contributed by atoms with Crippen molar-refractivity contribution in [2.75, 3.05) is 5.75 Å². The maximum absolute atomic E-state index is 11.0. The number of carbonyl (C=O) groups is 1. The number of ether oxygens (including phenoxy) is 1. The molecule has 0 aromatic carbocycles. The number of thioether (sulfide) groups is 1. The van der Waals surface area contributed by atoms with Gasteiger partial charge in [-0.25, -0.2) is 4.79 Å². The first kappa shape index (κ1) is 13.5. The standard InChI is InChI=1S/C12H18O5S/c13-8(6-18-7-4-2-1-3-5-7)11-9(14)10(15)12(16)17-11/h7-8,11,13-15H,1-6H2. The molecule has 0 bridgehead atoms. The monoisotopic (exact) mass is 274 g/mol. The van der Waals surface area contributed by atoms with Crippen molar-refractivity contribution in [3.63, 3.8) is 0 Å². The van der Waals surface area contributed by atoms with Crippen LogP contribution < -0.4 is 0 Å². The van der Waals surface area contributed by atoms with Gasteiger partial charge in [-0.05, 0) is 12.8 Å². The molecular formula is C12H18O5S. The number of carbonyl (C=O) groups excluding carboxylic acids is 1. The van der Waals surface area contributed by atoms with E-state index >= 15 is 0 Å². The highest BCUT2D eigenvalue weighted by molar-refractivity contribution is 7.99. The predicted octanol–water partition coefficient (Wildman–Crippen LogP) is 1.67. The number of aliphatic hydroxyl groups is 3. The summed E-state index contributed by atoms with van der Waals surface area (Å²) in [5, 5.41) is 29.0. The first-order chi connectivity index (χ1) is 8.59. The molecule has 1 heterocycles. The Bertz CT molecular complexity index is 348. The van der Waals surface area contributed by atoms with Gasteiger partial charge in [-0.3, -0.25) is 0 Å². The molecule has 0 aromatic heterocycles. The van der Waals surface area contributed by atoms with Crippen LogP contribution in [0.25, 0.3) is 0 Å². The van der Waals surface area contributed by atoms with E-state index in [1.807, 2.05) is 0 Å². The summed E-state index contributed by atoms with van der Waals surface area (Å²) in [5.74, 6) is -1.93. The van der Waals surface area contributed by atoms with Crippen LogP contribution in [-0.2, 0) is 9.53 Å². The molecule has 1 aliphatic heterocycles. The second kappa shape index (κ2) is 5.84. The number of hydrogen-bond acceptors (Lipinski definition) is 6. The Morgan fingerprint density at radius 3 is 2.50 bits per heavy atom. The van der Waals surface area contributed by atoms with Gasteiger partial charge >= 0.3 is 5.97 Å². The first-order valence-corrected chi connectivity index (χ1v) is 7.27. The lowest BCUT2D eigenvalue weighted by Gasteiger charge is -2.23. The van der Waals surface area contributed by atoms with E-state index in [1.54, 1.807) is 11.8 Å². The topological polar surface area (TPSA) is 87.0 Å². The Morgan fingerprint density at radius 2 is 1.94 bits per heavy atom. The predicted molar refractivity (Wildman–Crippen MR) is 67.5 cm³/mol. The maximum Gasteiger partial charge on any atom is 0.377 e. The average Bonchev–Trinajstić information content (AvgIpc) is 2.65. The molecule has 0 amide bonds. The molecule has 0 spiro atoms. The summed E-state index contributed by atoms with van der Waals surface area (Å²) in [6, 6.07) is 0. The van der Waals surface area contributed by atoms with Crippen LogP contribution in [-0.4, -0.2) is 44.5 Å². The van der Waals surface area contributed by atoms with E-state index in [2.05, 4.69) is 0 Å². The lowest BCUT2D eigenvalue weighted by Crippen LogP contribution is -2.31. The van der Waals surface area contributed by atoms with Crippen LogP contribution in [0.1, 0.15) is 32.1 Å². The van der Waals surface area contributed by atoms with Gasteiger partial charge in [0.1, 0.15) is 6.10 Å². The molecule has 0 radical (unpaired) electrons. The number of cyclic esters (lactones) is 1. The third-order valence-electron chi connectivity index (χ3n) is 3.34. The molecule has 2 rings (SSSR count). The van der Waals surface area contributed by atoms with Gasteiger partial charge in [-0.2, -0.15) is 11.8 Å². The highest BCUT2D eigenvalue weighted by Crippen LogP contribution is 2.30. The van der Waals surface area contributed by atoms with Crippen LogP contribution in [0.2, 0.25) is 0 Å². The van der Waals surface area contributed by atoms with Gasteiger partial charge in [0, 0.05) is 11.0 Å².